The Kier molecular flexibility index (Phi) is 5.97. The SMILES string of the molecule is N#CC[C@@H](C1CC1)N1NC(Nc2ccc(C(N3CCC3)C(F)(F)F)cc2)C2C(=O)NCCC21. The van der Waals surface area contributed by atoms with Gasteiger partial charge in [0, 0.05) is 37.4 Å². The van der Waals surface area contributed by atoms with Gasteiger partial charge >= 0.3 is 6.18 Å². The van der Waals surface area contributed by atoms with Crippen LogP contribution in [-0.2, 0) is 4.79 Å². The Balaban J connectivity index is 1.33. The molecule has 0 aromatic heterocycles. The summed E-state index contributed by atoms with van der Waals surface area (Å²) < 4.78 is 40.9. The first kappa shape index (κ1) is 22.4. The Morgan fingerprint density at radius 3 is 2.48 bits per heavy atom. The molecule has 3 N–H and O–H groups in total. The molecule has 4 aliphatic rings. The van der Waals surface area contributed by atoms with Crippen LogP contribution in [0.15, 0.2) is 24.3 Å². The number of amides is 1. The van der Waals surface area contributed by atoms with Crippen molar-refractivity contribution in [3.63, 3.8) is 0 Å². The molecule has 178 valence electrons. The zero-order valence-electron chi connectivity index (χ0n) is 18.3. The molecule has 1 saturated carbocycles. The van der Waals surface area contributed by atoms with Crippen molar-refractivity contribution in [2.75, 3.05) is 25.0 Å². The van der Waals surface area contributed by atoms with E-state index in [-0.39, 0.29) is 29.5 Å². The lowest BCUT2D eigenvalue weighted by Gasteiger charge is -2.39. The summed E-state index contributed by atoms with van der Waals surface area (Å²) in [6.07, 6.45) is -0.563. The summed E-state index contributed by atoms with van der Waals surface area (Å²) in [6.45, 7) is 1.50. The number of rotatable bonds is 7. The third-order valence-corrected chi connectivity index (χ3v) is 7.40. The van der Waals surface area contributed by atoms with E-state index in [1.165, 1.54) is 17.0 Å². The molecule has 1 amide bonds. The van der Waals surface area contributed by atoms with Crippen LogP contribution in [0.4, 0.5) is 18.9 Å². The van der Waals surface area contributed by atoms with Crippen LogP contribution in [0.5, 0.6) is 0 Å². The number of piperidine rings is 1. The normalized spacial score (nSPS) is 30.0. The van der Waals surface area contributed by atoms with Gasteiger partial charge in [-0.3, -0.25) is 9.69 Å². The Morgan fingerprint density at radius 1 is 1.18 bits per heavy atom. The van der Waals surface area contributed by atoms with E-state index in [2.05, 4.69) is 27.1 Å². The molecule has 4 fully saturated rings. The fraction of sp³-hybridized carbons (Fsp3) is 0.652. The summed E-state index contributed by atoms with van der Waals surface area (Å²) in [5.41, 5.74) is 4.32. The van der Waals surface area contributed by atoms with Crippen molar-refractivity contribution < 1.29 is 18.0 Å². The predicted molar refractivity (Wildman–Crippen MR) is 115 cm³/mol. The lowest BCUT2D eigenvalue weighted by molar-refractivity contribution is -0.195. The van der Waals surface area contributed by atoms with Crippen molar-refractivity contribution in [1.29, 1.82) is 5.26 Å². The van der Waals surface area contributed by atoms with Crippen LogP contribution in [0, 0.1) is 23.2 Å². The van der Waals surface area contributed by atoms with Gasteiger partial charge in [-0.05, 0) is 49.3 Å². The Hall–Kier alpha value is -2.35. The highest BCUT2D eigenvalue weighted by molar-refractivity contribution is 5.82. The van der Waals surface area contributed by atoms with Gasteiger partial charge in [0.25, 0.3) is 0 Å². The minimum Gasteiger partial charge on any atom is -0.368 e. The maximum Gasteiger partial charge on any atom is 0.408 e. The molecule has 3 saturated heterocycles. The van der Waals surface area contributed by atoms with Gasteiger partial charge in [0.05, 0.1) is 18.4 Å². The quantitative estimate of drug-likeness (QED) is 0.578. The predicted octanol–water partition coefficient (Wildman–Crippen LogP) is 2.75. The van der Waals surface area contributed by atoms with Gasteiger partial charge in [-0.2, -0.15) is 18.4 Å². The summed E-state index contributed by atoms with van der Waals surface area (Å²) in [7, 11) is 0. The summed E-state index contributed by atoms with van der Waals surface area (Å²) >= 11 is 0. The smallest absolute Gasteiger partial charge is 0.368 e. The van der Waals surface area contributed by atoms with E-state index in [0.717, 1.165) is 25.7 Å². The maximum atomic E-state index is 13.6. The second kappa shape index (κ2) is 8.78. The zero-order valence-corrected chi connectivity index (χ0v) is 18.3. The van der Waals surface area contributed by atoms with Crippen molar-refractivity contribution in [2.45, 2.75) is 62.6 Å². The Labute approximate surface area is 191 Å². The van der Waals surface area contributed by atoms with E-state index >= 15 is 0 Å². The molecule has 7 nitrogen and oxygen atoms in total. The average molecular weight is 463 g/mol. The average Bonchev–Trinajstić information content (AvgIpc) is 3.51. The Morgan fingerprint density at radius 2 is 1.91 bits per heavy atom. The first-order chi connectivity index (χ1) is 15.9. The van der Waals surface area contributed by atoms with E-state index in [1.54, 1.807) is 12.1 Å². The summed E-state index contributed by atoms with van der Waals surface area (Å²) in [5.74, 6) is 0.0702. The van der Waals surface area contributed by atoms with Crippen molar-refractivity contribution in [1.82, 2.24) is 20.7 Å². The molecule has 33 heavy (non-hydrogen) atoms. The number of nitrogens with zero attached hydrogens (tertiary/aromatic N) is 3. The lowest BCUT2D eigenvalue weighted by Crippen LogP contribution is -2.52. The first-order valence-electron chi connectivity index (χ1n) is 11.7. The number of nitrogens with one attached hydrogen (secondary N) is 3. The van der Waals surface area contributed by atoms with Crippen LogP contribution in [0.3, 0.4) is 0 Å². The molecule has 4 unspecified atom stereocenters. The topological polar surface area (TPSA) is 83.4 Å². The molecule has 1 aromatic rings. The van der Waals surface area contributed by atoms with Crippen LogP contribution < -0.4 is 16.1 Å². The third kappa shape index (κ3) is 4.42. The molecule has 0 spiro atoms. The lowest BCUT2D eigenvalue weighted by atomic mass is 9.90. The number of nitriles is 1. The zero-order chi connectivity index (χ0) is 23.2. The minimum atomic E-state index is -4.32. The Bertz CT molecular complexity index is 908. The summed E-state index contributed by atoms with van der Waals surface area (Å²) in [4.78, 5) is 14.2. The van der Waals surface area contributed by atoms with Gasteiger partial charge in [-0.15, -0.1) is 0 Å². The number of benzene rings is 1. The van der Waals surface area contributed by atoms with Crippen LogP contribution in [0.2, 0.25) is 0 Å². The fourth-order valence-electron chi connectivity index (χ4n) is 5.51. The molecule has 5 atom stereocenters. The molecular formula is C23H29F3N6O. The first-order valence-corrected chi connectivity index (χ1v) is 11.7. The number of hydrogen-bond acceptors (Lipinski definition) is 6. The van der Waals surface area contributed by atoms with E-state index < -0.39 is 18.4 Å². The number of halogens is 3. The van der Waals surface area contributed by atoms with E-state index in [9.17, 15) is 23.2 Å². The van der Waals surface area contributed by atoms with E-state index in [4.69, 9.17) is 0 Å². The van der Waals surface area contributed by atoms with Crippen molar-refractivity contribution in [2.24, 2.45) is 11.8 Å². The van der Waals surface area contributed by atoms with Crippen LogP contribution in [-0.4, -0.2) is 59.9 Å². The number of hydrazine groups is 1. The van der Waals surface area contributed by atoms with E-state index in [1.807, 2.05) is 0 Å². The number of carbonyl (C=O) groups excluding carboxylic acids is 1. The van der Waals surface area contributed by atoms with Gasteiger partial charge in [0.15, 0.2) is 0 Å². The summed E-state index contributed by atoms with van der Waals surface area (Å²) in [6, 6.07) is 7.10. The largest absolute Gasteiger partial charge is 0.408 e. The third-order valence-electron chi connectivity index (χ3n) is 7.40. The van der Waals surface area contributed by atoms with Gasteiger partial charge in [-0.1, -0.05) is 12.1 Å². The summed E-state index contributed by atoms with van der Waals surface area (Å²) in [5, 5.41) is 17.7. The maximum absolute atomic E-state index is 13.6. The van der Waals surface area contributed by atoms with Crippen LogP contribution >= 0.6 is 0 Å². The molecule has 3 aliphatic heterocycles. The molecule has 5 rings (SSSR count). The minimum absolute atomic E-state index is 0.0181. The highest BCUT2D eigenvalue weighted by Crippen LogP contribution is 2.42. The highest BCUT2D eigenvalue weighted by Gasteiger charge is 2.52. The second-order valence-corrected chi connectivity index (χ2v) is 9.55. The van der Waals surface area contributed by atoms with Crippen molar-refractivity contribution in [3.05, 3.63) is 29.8 Å². The number of fused-ring (bicyclic) bond motifs is 1. The van der Waals surface area contributed by atoms with Gasteiger partial charge in [0.1, 0.15) is 12.2 Å². The van der Waals surface area contributed by atoms with Crippen LogP contribution in [0.1, 0.15) is 43.7 Å². The molecule has 1 aromatic carbocycles. The standard InChI is InChI=1S/C23H29F3N6O/c24-23(25,26)20(31-12-1-13-31)15-4-6-16(7-5-15)29-21-19-18(9-11-28-22(19)33)32(30-21)17(8-10-27)14-2-3-14/h4-7,14,17-21,29-30H,1-3,8-9,11-13H2,(H,28,33)/t17-,18?,19?,20?,21?/m0/s1. The van der Waals surface area contributed by atoms with Crippen molar-refractivity contribution >= 4 is 11.6 Å². The van der Waals surface area contributed by atoms with Crippen LogP contribution in [0.25, 0.3) is 0 Å². The van der Waals surface area contributed by atoms with Gasteiger partial charge < -0.3 is 10.6 Å². The number of likely N-dealkylation sites (tertiary alicyclic amines) is 1. The monoisotopic (exact) mass is 462 g/mol. The van der Waals surface area contributed by atoms with Gasteiger partial charge in [0.2, 0.25) is 5.91 Å². The molecule has 3 heterocycles. The molecule has 10 heteroatoms. The molecule has 0 bridgehead atoms. The number of carbonyl (C=O) groups is 1. The van der Waals surface area contributed by atoms with Crippen molar-refractivity contribution in [3.8, 4) is 6.07 Å². The number of anilines is 1. The fourth-order valence-corrected chi connectivity index (χ4v) is 5.51. The molecule has 1 aliphatic carbocycles. The highest BCUT2D eigenvalue weighted by atomic mass is 19.4. The molecule has 0 radical (unpaired) electrons. The number of alkyl halides is 3. The van der Waals surface area contributed by atoms with E-state index in [0.29, 0.717) is 37.7 Å². The molecular weight excluding hydrogens is 433 g/mol. The second-order valence-electron chi connectivity index (χ2n) is 9.55. The van der Waals surface area contributed by atoms with Gasteiger partial charge in [-0.25, -0.2) is 10.4 Å². The number of hydrogen-bond donors (Lipinski definition) is 3.